The van der Waals surface area contributed by atoms with Gasteiger partial charge in [0, 0.05) is 16.5 Å². The first kappa shape index (κ1) is 16.5. The Balaban J connectivity index is 2.42. The molecule has 0 aliphatic rings. The van der Waals surface area contributed by atoms with E-state index in [9.17, 15) is 10.1 Å². The minimum atomic E-state index is -0.606. The Morgan fingerprint density at radius 1 is 1.30 bits per heavy atom. The number of hydrogen-bond acceptors (Lipinski definition) is 4. The number of nitrogens with one attached hydrogen (secondary N) is 1. The number of carbonyl (C=O) groups excluding carboxylic acids is 1. The zero-order valence-corrected chi connectivity index (χ0v) is 13.7. The average molecular weight is 309 g/mol. The molecule has 1 N–H and O–H groups in total. The normalized spacial score (nSPS) is 11.9. The topological polar surface area (TPSA) is 78.8 Å². The number of aromatic amines is 1. The second-order valence-corrected chi connectivity index (χ2v) is 6.18. The Morgan fingerprint density at radius 3 is 2.48 bits per heavy atom. The average Bonchev–Trinajstić information content (AvgIpc) is 2.99. The van der Waals surface area contributed by atoms with E-state index in [1.54, 1.807) is 40.2 Å². The maximum absolute atomic E-state index is 12.3. The molecular weight excluding hydrogens is 290 g/mol. The van der Waals surface area contributed by atoms with Crippen molar-refractivity contribution in [1.29, 1.82) is 5.26 Å². The predicted octanol–water partition coefficient (Wildman–Crippen LogP) is 3.61. The quantitative estimate of drug-likeness (QED) is 0.691. The number of H-pyrrole nitrogens is 1. The molecule has 0 spiro atoms. The van der Waals surface area contributed by atoms with Crippen molar-refractivity contribution in [2.24, 2.45) is 5.41 Å². The van der Waals surface area contributed by atoms with E-state index in [4.69, 9.17) is 4.74 Å². The smallest absolute Gasteiger partial charge is 0.178 e. The zero-order chi connectivity index (χ0) is 17.0. The molecule has 5 heteroatoms. The summed E-state index contributed by atoms with van der Waals surface area (Å²) < 4.78 is 5.14. The van der Waals surface area contributed by atoms with Gasteiger partial charge in [-0.2, -0.15) is 10.4 Å². The van der Waals surface area contributed by atoms with Crippen LogP contribution in [0.1, 0.15) is 26.3 Å². The van der Waals surface area contributed by atoms with Crippen LogP contribution in [0.4, 0.5) is 0 Å². The van der Waals surface area contributed by atoms with Crippen molar-refractivity contribution in [2.45, 2.75) is 20.8 Å². The van der Waals surface area contributed by atoms with Gasteiger partial charge in [0.25, 0.3) is 0 Å². The van der Waals surface area contributed by atoms with Gasteiger partial charge in [-0.1, -0.05) is 20.8 Å². The molecule has 0 atom stereocenters. The molecule has 23 heavy (non-hydrogen) atoms. The molecule has 2 rings (SSSR count). The molecule has 0 amide bonds. The van der Waals surface area contributed by atoms with Gasteiger partial charge >= 0.3 is 0 Å². The summed E-state index contributed by atoms with van der Waals surface area (Å²) in [6, 6.07) is 9.46. The van der Waals surface area contributed by atoms with Crippen molar-refractivity contribution in [2.75, 3.05) is 7.11 Å². The first-order valence-electron chi connectivity index (χ1n) is 7.21. The van der Waals surface area contributed by atoms with Gasteiger partial charge in [-0.15, -0.1) is 0 Å². The number of Topliss-reactive ketones (excluding diaryl/α,β-unsaturated/α-hetero) is 1. The number of benzene rings is 1. The highest BCUT2D eigenvalue weighted by Crippen LogP contribution is 2.27. The number of allylic oxidation sites excluding steroid dienone is 1. The van der Waals surface area contributed by atoms with Crippen LogP contribution < -0.4 is 4.74 Å². The van der Waals surface area contributed by atoms with Crippen LogP contribution in [0.5, 0.6) is 5.75 Å². The third-order valence-electron chi connectivity index (χ3n) is 3.39. The lowest BCUT2D eigenvalue weighted by Crippen LogP contribution is -2.21. The fourth-order valence-corrected chi connectivity index (χ4v) is 2.10. The Morgan fingerprint density at radius 2 is 1.96 bits per heavy atom. The van der Waals surface area contributed by atoms with E-state index in [1.165, 1.54) is 0 Å². The number of rotatable bonds is 4. The minimum Gasteiger partial charge on any atom is -0.497 e. The van der Waals surface area contributed by atoms with E-state index < -0.39 is 5.41 Å². The van der Waals surface area contributed by atoms with E-state index in [1.807, 2.05) is 30.3 Å². The molecule has 0 radical (unpaired) electrons. The van der Waals surface area contributed by atoms with Crippen LogP contribution in [0.15, 0.2) is 36.0 Å². The number of nitriles is 1. The predicted molar refractivity (Wildman–Crippen MR) is 88.6 cm³/mol. The summed E-state index contributed by atoms with van der Waals surface area (Å²) in [5.41, 5.74) is 1.86. The van der Waals surface area contributed by atoms with Crippen LogP contribution in [-0.4, -0.2) is 23.1 Å². The summed E-state index contributed by atoms with van der Waals surface area (Å²) in [6.45, 7) is 5.38. The molecule has 0 aliphatic heterocycles. The number of ketones is 1. The van der Waals surface area contributed by atoms with Crippen LogP contribution in [0.25, 0.3) is 17.3 Å². The summed E-state index contributed by atoms with van der Waals surface area (Å²) >= 11 is 0. The van der Waals surface area contributed by atoms with Crippen molar-refractivity contribution >= 4 is 11.9 Å². The first-order valence-corrected chi connectivity index (χ1v) is 7.21. The molecule has 118 valence electrons. The lowest BCUT2D eigenvalue weighted by atomic mass is 9.86. The van der Waals surface area contributed by atoms with E-state index in [2.05, 4.69) is 10.2 Å². The standard InChI is InChI=1S/C18H19N3O2/c1-18(2,3)17(22)13(10-19)9-14-11-20-21-16(14)12-5-7-15(23-4)8-6-12/h5-9,11H,1-4H3,(H,20,21)/b13-9+. The summed E-state index contributed by atoms with van der Waals surface area (Å²) in [7, 11) is 1.61. The molecule has 0 saturated carbocycles. The fourth-order valence-electron chi connectivity index (χ4n) is 2.10. The Kier molecular flexibility index (Phi) is 4.65. The third-order valence-corrected chi connectivity index (χ3v) is 3.39. The Bertz CT molecular complexity index is 772. The van der Waals surface area contributed by atoms with Gasteiger partial charge in [-0.3, -0.25) is 9.89 Å². The van der Waals surface area contributed by atoms with Gasteiger partial charge < -0.3 is 4.74 Å². The summed E-state index contributed by atoms with van der Waals surface area (Å²) in [5.74, 6) is 0.563. The number of nitrogens with zero attached hydrogens (tertiary/aromatic N) is 2. The number of aromatic nitrogens is 2. The van der Waals surface area contributed by atoms with E-state index in [0.717, 1.165) is 17.0 Å². The lowest BCUT2D eigenvalue weighted by Gasteiger charge is -2.15. The molecule has 1 aromatic heterocycles. The lowest BCUT2D eigenvalue weighted by molar-refractivity contribution is -0.121. The highest BCUT2D eigenvalue weighted by molar-refractivity contribution is 6.06. The van der Waals surface area contributed by atoms with Gasteiger partial charge in [0.15, 0.2) is 5.78 Å². The zero-order valence-electron chi connectivity index (χ0n) is 13.7. The number of methoxy groups -OCH3 is 1. The van der Waals surface area contributed by atoms with Crippen LogP contribution in [0.3, 0.4) is 0 Å². The largest absolute Gasteiger partial charge is 0.497 e. The number of ether oxygens (including phenoxy) is 1. The summed E-state index contributed by atoms with van der Waals surface area (Å²) in [6.07, 6.45) is 3.18. The summed E-state index contributed by atoms with van der Waals surface area (Å²) in [4.78, 5) is 12.3. The third kappa shape index (κ3) is 3.67. The molecule has 5 nitrogen and oxygen atoms in total. The van der Waals surface area contributed by atoms with E-state index >= 15 is 0 Å². The molecule has 1 aromatic carbocycles. The van der Waals surface area contributed by atoms with Crippen molar-refractivity contribution in [1.82, 2.24) is 10.2 Å². The van der Waals surface area contributed by atoms with Crippen molar-refractivity contribution in [3.05, 3.63) is 41.6 Å². The molecular formula is C18H19N3O2. The number of carbonyl (C=O) groups is 1. The molecule has 0 unspecified atom stereocenters. The van der Waals surface area contributed by atoms with Gasteiger partial charge in [-0.05, 0) is 30.3 Å². The Hall–Kier alpha value is -2.87. The second kappa shape index (κ2) is 6.49. The van der Waals surface area contributed by atoms with Gasteiger partial charge in [0.1, 0.15) is 11.8 Å². The van der Waals surface area contributed by atoms with Gasteiger partial charge in [0.05, 0.1) is 24.6 Å². The SMILES string of the molecule is COc1ccc(-c2[nH]ncc2/C=C(\C#N)C(=O)C(C)(C)C)cc1. The highest BCUT2D eigenvalue weighted by atomic mass is 16.5. The molecule has 0 aliphatic carbocycles. The van der Waals surface area contributed by atoms with Crippen LogP contribution in [-0.2, 0) is 4.79 Å². The monoisotopic (exact) mass is 309 g/mol. The van der Waals surface area contributed by atoms with E-state index in [-0.39, 0.29) is 11.4 Å². The van der Waals surface area contributed by atoms with Crippen LogP contribution in [0, 0.1) is 16.7 Å². The van der Waals surface area contributed by atoms with Crippen LogP contribution >= 0.6 is 0 Å². The van der Waals surface area contributed by atoms with E-state index in [0.29, 0.717) is 5.56 Å². The molecule has 1 heterocycles. The summed E-state index contributed by atoms with van der Waals surface area (Å²) in [5, 5.41) is 16.2. The maximum Gasteiger partial charge on any atom is 0.178 e. The van der Waals surface area contributed by atoms with Crippen LogP contribution in [0.2, 0.25) is 0 Å². The van der Waals surface area contributed by atoms with Gasteiger partial charge in [0.2, 0.25) is 0 Å². The van der Waals surface area contributed by atoms with Crippen molar-refractivity contribution in [3.63, 3.8) is 0 Å². The van der Waals surface area contributed by atoms with Crippen molar-refractivity contribution in [3.8, 4) is 23.1 Å². The molecule has 0 bridgehead atoms. The first-order chi connectivity index (χ1) is 10.9. The highest BCUT2D eigenvalue weighted by Gasteiger charge is 2.25. The minimum absolute atomic E-state index is 0.119. The molecule has 2 aromatic rings. The van der Waals surface area contributed by atoms with Crippen molar-refractivity contribution < 1.29 is 9.53 Å². The Labute approximate surface area is 135 Å². The maximum atomic E-state index is 12.3. The van der Waals surface area contributed by atoms with Gasteiger partial charge in [-0.25, -0.2) is 0 Å². The number of hydrogen-bond donors (Lipinski definition) is 1. The molecule has 0 fully saturated rings. The second-order valence-electron chi connectivity index (χ2n) is 6.18. The molecule has 0 saturated heterocycles. The fraction of sp³-hybridized carbons (Fsp3) is 0.278.